The zero-order chi connectivity index (χ0) is 18.7. The predicted molar refractivity (Wildman–Crippen MR) is 103 cm³/mol. The van der Waals surface area contributed by atoms with Crippen molar-refractivity contribution in [3.05, 3.63) is 65.2 Å². The van der Waals surface area contributed by atoms with Crippen LogP contribution >= 0.6 is 0 Å². The zero-order valence-electron chi connectivity index (χ0n) is 14.3. The van der Waals surface area contributed by atoms with Crippen LogP contribution in [-0.2, 0) is 6.54 Å². The molecule has 0 fully saturated rings. The molecule has 0 bridgehead atoms. The highest BCUT2D eigenvalue weighted by atomic mass is 15.4. The van der Waals surface area contributed by atoms with Gasteiger partial charge in [-0.25, -0.2) is 10.8 Å². The summed E-state index contributed by atoms with van der Waals surface area (Å²) < 4.78 is 0. The van der Waals surface area contributed by atoms with Gasteiger partial charge in [0.2, 0.25) is 0 Å². The Labute approximate surface area is 151 Å². The van der Waals surface area contributed by atoms with Gasteiger partial charge in [-0.3, -0.25) is 9.99 Å². The molecular formula is C17H23N9. The van der Waals surface area contributed by atoms with E-state index in [2.05, 4.69) is 15.3 Å². The Morgan fingerprint density at radius 1 is 1.23 bits per heavy atom. The Balaban J connectivity index is 1.98. The molecule has 0 radical (unpaired) electrons. The molecule has 1 aromatic heterocycles. The molecule has 0 spiro atoms. The standard InChI is InChI=1S/C17H23N9/c18-7-11-6-12(3-4-13(11)19)26(22)17-14(16(21)24-9-25-17)15(20)10-2-1-5-23-8-10/h1-6,8,15,24H,7,9,18-22H2. The number of aromatic nitrogens is 1. The minimum Gasteiger partial charge on any atom is -0.398 e. The number of hydrazine groups is 1. The van der Waals surface area contributed by atoms with Gasteiger partial charge in [0.1, 0.15) is 12.5 Å². The molecule has 0 saturated carbocycles. The van der Waals surface area contributed by atoms with Crippen LogP contribution in [0.3, 0.4) is 0 Å². The maximum absolute atomic E-state index is 6.43. The molecule has 1 aliphatic heterocycles. The van der Waals surface area contributed by atoms with Crippen LogP contribution in [0.4, 0.5) is 11.4 Å². The molecule has 1 aliphatic rings. The number of rotatable bonds is 4. The van der Waals surface area contributed by atoms with Gasteiger partial charge in [-0.1, -0.05) is 6.07 Å². The molecule has 0 amide bonds. The molecule has 11 N–H and O–H groups in total. The van der Waals surface area contributed by atoms with Crippen molar-refractivity contribution in [1.29, 1.82) is 0 Å². The number of amidine groups is 1. The van der Waals surface area contributed by atoms with E-state index in [1.165, 1.54) is 5.01 Å². The average Bonchev–Trinajstić information content (AvgIpc) is 2.67. The molecule has 26 heavy (non-hydrogen) atoms. The largest absolute Gasteiger partial charge is 0.398 e. The highest BCUT2D eigenvalue weighted by Crippen LogP contribution is 2.27. The van der Waals surface area contributed by atoms with E-state index in [1.807, 2.05) is 18.2 Å². The molecule has 2 heterocycles. The molecule has 9 nitrogen and oxygen atoms in total. The van der Waals surface area contributed by atoms with Crippen LogP contribution in [-0.4, -0.2) is 17.5 Å². The first-order chi connectivity index (χ1) is 12.5. The minimum absolute atomic E-state index is 0.302. The van der Waals surface area contributed by atoms with Crippen LogP contribution in [0.15, 0.2) is 59.1 Å². The molecule has 2 aromatic rings. The van der Waals surface area contributed by atoms with E-state index in [1.54, 1.807) is 24.5 Å². The minimum atomic E-state index is -0.538. The van der Waals surface area contributed by atoms with Gasteiger partial charge in [-0.2, -0.15) is 0 Å². The zero-order valence-corrected chi connectivity index (χ0v) is 14.3. The van der Waals surface area contributed by atoms with Gasteiger partial charge in [0.05, 0.1) is 17.3 Å². The predicted octanol–water partition coefficient (Wildman–Crippen LogP) is -0.368. The van der Waals surface area contributed by atoms with Crippen molar-refractivity contribution in [2.45, 2.75) is 12.6 Å². The second-order valence-corrected chi connectivity index (χ2v) is 5.87. The molecule has 1 aromatic carbocycles. The number of benzene rings is 1. The van der Waals surface area contributed by atoms with Crippen molar-refractivity contribution < 1.29 is 0 Å². The van der Waals surface area contributed by atoms with E-state index in [0.29, 0.717) is 41.8 Å². The number of hydrogen-bond donors (Lipinski definition) is 6. The first-order valence-corrected chi connectivity index (χ1v) is 8.10. The number of pyridine rings is 1. The Morgan fingerprint density at radius 3 is 2.73 bits per heavy atom. The molecule has 1 atom stereocenters. The SMILES string of the molecule is NCc1cc(N(N)C2=NCNC(N)=C2C(N)c2cccnc2)ccc1N. The van der Waals surface area contributed by atoms with E-state index >= 15 is 0 Å². The smallest absolute Gasteiger partial charge is 0.153 e. The van der Waals surface area contributed by atoms with Gasteiger partial charge in [0.25, 0.3) is 0 Å². The summed E-state index contributed by atoms with van der Waals surface area (Å²) in [7, 11) is 0. The molecule has 0 saturated heterocycles. The fourth-order valence-electron chi connectivity index (χ4n) is 2.78. The van der Waals surface area contributed by atoms with Gasteiger partial charge < -0.3 is 28.3 Å². The average molecular weight is 353 g/mol. The van der Waals surface area contributed by atoms with Crippen molar-refractivity contribution in [1.82, 2.24) is 10.3 Å². The van der Waals surface area contributed by atoms with Crippen LogP contribution in [0.1, 0.15) is 17.2 Å². The summed E-state index contributed by atoms with van der Waals surface area (Å²) in [6, 6.07) is 8.52. The number of hydrogen-bond acceptors (Lipinski definition) is 9. The Kier molecular flexibility index (Phi) is 5.03. The maximum atomic E-state index is 6.43. The molecule has 0 aliphatic carbocycles. The summed E-state index contributed by atoms with van der Waals surface area (Å²) in [5.74, 6) is 7.25. The number of nitrogen functional groups attached to an aromatic ring is 1. The van der Waals surface area contributed by atoms with Crippen LogP contribution in [0.5, 0.6) is 0 Å². The Bertz CT molecular complexity index is 845. The maximum Gasteiger partial charge on any atom is 0.153 e. The van der Waals surface area contributed by atoms with Gasteiger partial charge in [0, 0.05) is 24.6 Å². The Morgan fingerprint density at radius 2 is 2.04 bits per heavy atom. The lowest BCUT2D eigenvalue weighted by molar-refractivity contribution is 0.738. The summed E-state index contributed by atoms with van der Waals surface area (Å²) in [5, 5.41) is 4.44. The normalized spacial score (nSPS) is 15.3. The number of anilines is 2. The fraction of sp³-hybridized carbons (Fsp3) is 0.176. The lowest BCUT2D eigenvalue weighted by atomic mass is 9.98. The van der Waals surface area contributed by atoms with Crippen LogP contribution in [0, 0.1) is 0 Å². The van der Waals surface area contributed by atoms with E-state index in [0.717, 1.165) is 11.1 Å². The summed E-state index contributed by atoms with van der Waals surface area (Å²) in [6.45, 7) is 0.610. The quantitative estimate of drug-likeness (QED) is 0.245. The third kappa shape index (κ3) is 3.31. The van der Waals surface area contributed by atoms with Gasteiger partial charge in [0.15, 0.2) is 5.84 Å². The fourth-order valence-corrected chi connectivity index (χ4v) is 2.78. The topological polar surface area (TPSA) is 171 Å². The third-order valence-corrected chi connectivity index (χ3v) is 4.24. The van der Waals surface area contributed by atoms with Gasteiger partial charge >= 0.3 is 0 Å². The molecule has 136 valence electrons. The Hall–Kier alpha value is -3.14. The van der Waals surface area contributed by atoms with Crippen molar-refractivity contribution in [3.8, 4) is 0 Å². The van der Waals surface area contributed by atoms with Crippen LogP contribution < -0.4 is 39.1 Å². The van der Waals surface area contributed by atoms with Crippen molar-refractivity contribution in [2.75, 3.05) is 17.4 Å². The van der Waals surface area contributed by atoms with E-state index in [-0.39, 0.29) is 0 Å². The third-order valence-electron chi connectivity index (χ3n) is 4.24. The molecule has 3 rings (SSSR count). The number of nitrogens with two attached hydrogens (primary N) is 5. The van der Waals surface area contributed by atoms with Crippen LogP contribution in [0.25, 0.3) is 0 Å². The van der Waals surface area contributed by atoms with Gasteiger partial charge in [-0.05, 0) is 35.4 Å². The monoisotopic (exact) mass is 353 g/mol. The van der Waals surface area contributed by atoms with Gasteiger partial charge in [-0.15, -0.1) is 0 Å². The molecule has 1 unspecified atom stereocenters. The number of nitrogens with zero attached hydrogens (tertiary/aromatic N) is 3. The highest BCUT2D eigenvalue weighted by Gasteiger charge is 2.27. The van der Waals surface area contributed by atoms with Crippen LogP contribution in [0.2, 0.25) is 0 Å². The lowest BCUT2D eigenvalue weighted by Crippen LogP contribution is -2.46. The second kappa shape index (κ2) is 7.40. The second-order valence-electron chi connectivity index (χ2n) is 5.87. The molecular weight excluding hydrogens is 330 g/mol. The lowest BCUT2D eigenvalue weighted by Gasteiger charge is -2.30. The highest BCUT2D eigenvalue weighted by molar-refractivity contribution is 6.10. The summed E-state index contributed by atoms with van der Waals surface area (Å²) in [5.41, 5.74) is 27.7. The summed E-state index contributed by atoms with van der Waals surface area (Å²) in [6.07, 6.45) is 3.37. The van der Waals surface area contributed by atoms with E-state index < -0.39 is 6.04 Å². The van der Waals surface area contributed by atoms with E-state index in [4.69, 9.17) is 28.8 Å². The first-order valence-electron chi connectivity index (χ1n) is 8.10. The van der Waals surface area contributed by atoms with Crippen molar-refractivity contribution in [2.24, 2.45) is 28.0 Å². The number of aliphatic imine (C=N–C) groups is 1. The molecule has 9 heteroatoms. The summed E-state index contributed by atoms with van der Waals surface area (Å²) in [4.78, 5) is 8.58. The number of nitrogens with one attached hydrogen (secondary N) is 1. The van der Waals surface area contributed by atoms with E-state index in [9.17, 15) is 0 Å². The van der Waals surface area contributed by atoms with Crippen molar-refractivity contribution in [3.63, 3.8) is 0 Å². The summed E-state index contributed by atoms with van der Waals surface area (Å²) >= 11 is 0. The first kappa shape index (κ1) is 17.7. The van der Waals surface area contributed by atoms with Crippen molar-refractivity contribution >= 4 is 17.2 Å².